The molecule has 0 unspecified atom stereocenters. The van der Waals surface area contributed by atoms with E-state index in [0.717, 1.165) is 0 Å². The summed E-state index contributed by atoms with van der Waals surface area (Å²) in [5.74, 6) is -3.27. The second-order valence-corrected chi connectivity index (χ2v) is 12.1. The normalized spacial score (nSPS) is 19.7. The fraction of sp³-hybridized carbons (Fsp3) is 0. The maximum Gasteiger partial charge on any atom is 0.238 e. The predicted octanol–water partition coefficient (Wildman–Crippen LogP) is 12.5. The summed E-state index contributed by atoms with van der Waals surface area (Å²) >= 11 is 0. The Morgan fingerprint density at radius 3 is 0.877 bits per heavy atom. The molecule has 12 aromatic rings. The van der Waals surface area contributed by atoms with E-state index >= 15 is 0 Å². The van der Waals surface area contributed by atoms with Crippen LogP contribution in [0.3, 0.4) is 0 Å². The van der Waals surface area contributed by atoms with E-state index in [-0.39, 0.29) is 0 Å². The van der Waals surface area contributed by atoms with Gasteiger partial charge in [0.15, 0.2) is 11.6 Å². The Morgan fingerprint density at radius 2 is 0.544 bits per heavy atom. The maximum atomic E-state index is 9.74. The molecule has 0 saturated carbocycles. The second kappa shape index (κ2) is 12.3. The fourth-order valence-corrected chi connectivity index (χ4v) is 6.87. The molecule has 12 rings (SSSR count). The third kappa shape index (κ3) is 4.68. The Morgan fingerprint density at radius 1 is 0.281 bits per heavy atom. The van der Waals surface area contributed by atoms with Crippen LogP contribution in [0, 0.1) is 0 Å². The molecule has 0 aliphatic carbocycles. The minimum absolute atomic E-state index is 0.589. The molecular weight excluding hydrogens is 697 g/mol. The molecule has 0 bridgehead atoms. The van der Waals surface area contributed by atoms with Crippen LogP contribution in [-0.2, 0) is 0 Å². The topological polar surface area (TPSA) is 53.5 Å². The van der Waals surface area contributed by atoms with Crippen LogP contribution in [0.2, 0.25) is 0 Å². The maximum absolute atomic E-state index is 9.74. The highest BCUT2D eigenvalue weighted by molar-refractivity contribution is 6.11. The van der Waals surface area contributed by atoms with Gasteiger partial charge in [0.25, 0.3) is 0 Å². The van der Waals surface area contributed by atoms with Gasteiger partial charge in [0.2, 0.25) is 5.95 Å². The first-order valence-corrected chi connectivity index (χ1v) is 16.6. The minimum atomic E-state index is -1.17. The number of hydrogen-bond acceptors (Lipinski definition) is 3. The SMILES string of the molecule is [2H]c1c([2H])c([2H])c(-n2c3c([2H])c([2H])c([2H])c([2H])c3c3c([2H])c([2H])c([2H])c([2H])c32)c(-c2nc(-c3c([2H])c([2H])c([2H])c([2H])c3-n3c4c([2H])c([2H])c([2H])c([2H])c4c4c([2H])c([2H])c([2H])c([2H])c43)nc(-n3c4c([2H])c([2H])c([2H])c([2H])c4c4c([2H])c([2H])c([2H])c([2H])c43)n2)c1[2H]. The highest BCUT2D eigenvalue weighted by Crippen LogP contribution is 2.39. The number of rotatable bonds is 5. The van der Waals surface area contributed by atoms with E-state index in [4.69, 9.17) is 30.2 Å². The molecule has 0 amide bonds. The number of nitrogens with zero attached hydrogens (tertiary/aromatic N) is 6. The molecule has 266 valence electrons. The van der Waals surface area contributed by atoms with Crippen LogP contribution in [0.25, 0.3) is 106 Å². The van der Waals surface area contributed by atoms with Gasteiger partial charge in [-0.2, -0.15) is 9.97 Å². The van der Waals surface area contributed by atoms with Gasteiger partial charge in [-0.3, -0.25) is 4.57 Å². The van der Waals surface area contributed by atoms with Gasteiger partial charge in [0.1, 0.15) is 0 Å². The number of benzene rings is 8. The van der Waals surface area contributed by atoms with Gasteiger partial charge in [-0.1, -0.05) is 133 Å². The van der Waals surface area contributed by atoms with E-state index < -0.39 is 299 Å². The summed E-state index contributed by atoms with van der Waals surface area (Å²) < 4.78 is 293. The van der Waals surface area contributed by atoms with Crippen molar-refractivity contribution in [1.82, 2.24) is 28.7 Å². The molecular formula is C51H32N6. The smallest absolute Gasteiger partial charge is 0.238 e. The van der Waals surface area contributed by atoms with E-state index in [1.54, 1.807) is 0 Å². The van der Waals surface area contributed by atoms with Crippen molar-refractivity contribution in [2.24, 2.45) is 0 Å². The molecule has 0 atom stereocenters. The van der Waals surface area contributed by atoms with Crippen molar-refractivity contribution in [3.8, 4) is 40.1 Å². The van der Waals surface area contributed by atoms with Gasteiger partial charge in [-0.05, 0) is 60.4 Å². The van der Waals surface area contributed by atoms with Gasteiger partial charge in [-0.25, -0.2) is 4.98 Å². The van der Waals surface area contributed by atoms with Crippen molar-refractivity contribution >= 4 is 65.4 Å². The average molecular weight is 761 g/mol. The molecule has 8 aromatic carbocycles. The molecule has 0 radical (unpaired) electrons. The van der Waals surface area contributed by atoms with Crippen LogP contribution in [0.1, 0.15) is 43.9 Å². The number of hydrogen-bond donors (Lipinski definition) is 0. The van der Waals surface area contributed by atoms with Crippen LogP contribution in [-0.4, -0.2) is 28.7 Å². The van der Waals surface area contributed by atoms with E-state index in [1.807, 2.05) is 0 Å². The first-order chi connectivity index (χ1) is 41.6. The van der Waals surface area contributed by atoms with E-state index in [0.29, 0.717) is 13.7 Å². The van der Waals surface area contributed by atoms with Crippen LogP contribution >= 0.6 is 0 Å². The quantitative estimate of drug-likeness (QED) is 0.176. The van der Waals surface area contributed by atoms with Gasteiger partial charge >= 0.3 is 0 Å². The zero-order valence-electron chi connectivity index (χ0n) is 60.2. The summed E-state index contributed by atoms with van der Waals surface area (Å²) in [6, 6.07) is -31.5. The largest absolute Gasteiger partial charge is 0.309 e. The van der Waals surface area contributed by atoms with Crippen molar-refractivity contribution in [3.63, 3.8) is 0 Å². The van der Waals surface area contributed by atoms with Crippen molar-refractivity contribution in [2.45, 2.75) is 0 Å². The highest BCUT2D eigenvalue weighted by atomic mass is 15.2. The van der Waals surface area contributed by atoms with Crippen molar-refractivity contribution in [3.05, 3.63) is 193 Å². The van der Waals surface area contributed by atoms with Crippen molar-refractivity contribution in [1.29, 1.82) is 0 Å². The standard InChI is InChI=1S/C51H32N6/c1-9-25-41-33(17-1)34-18-2-10-26-42(34)55(41)47-31-15-7-23-39(47)49-52-50(54-51(53-49)57-45-29-13-5-21-37(45)38-22-6-14-30-46(38)57)40-24-8-16-32-48(40)56-43-27-11-3-19-35(43)36-20-4-12-28-44(36)56/h1-32H/i1D,2D,3D,4D,5D,6D,7D,8D,9D,10D,11D,12D,13D,14D,15D,16D,17D,18D,19D,20D,21D,22D,23D,24D,25D,26D,27D,28D,29D,30D,31D,32D. The van der Waals surface area contributed by atoms with Gasteiger partial charge in [0.05, 0.1) is 88.3 Å². The van der Waals surface area contributed by atoms with Crippen LogP contribution in [0.15, 0.2) is 193 Å². The molecule has 4 heterocycles. The Hall–Kier alpha value is -7.83. The highest BCUT2D eigenvalue weighted by Gasteiger charge is 2.23. The Bertz CT molecular complexity index is 4940. The monoisotopic (exact) mass is 760 g/mol. The fourth-order valence-electron chi connectivity index (χ4n) is 6.87. The lowest BCUT2D eigenvalue weighted by atomic mass is 10.1. The zero-order valence-corrected chi connectivity index (χ0v) is 28.2. The number of aromatic nitrogens is 6. The molecule has 6 heteroatoms. The molecule has 0 saturated heterocycles. The summed E-state index contributed by atoms with van der Waals surface area (Å²) in [6.45, 7) is 0. The lowest BCUT2D eigenvalue weighted by molar-refractivity contribution is 0.950. The minimum Gasteiger partial charge on any atom is -0.309 e. The Balaban J connectivity index is 1.39. The summed E-state index contributed by atoms with van der Waals surface area (Å²) in [5, 5.41) is -3.53. The van der Waals surface area contributed by atoms with Crippen LogP contribution < -0.4 is 0 Å². The molecule has 0 fully saturated rings. The summed E-state index contributed by atoms with van der Waals surface area (Å²) in [4.78, 5) is 13.8. The summed E-state index contributed by atoms with van der Waals surface area (Å²) in [5.41, 5.74) is -8.18. The Labute approximate surface area is 372 Å². The lowest BCUT2D eigenvalue weighted by Gasteiger charge is -2.17. The first kappa shape index (κ1) is 13.4. The summed E-state index contributed by atoms with van der Waals surface area (Å²) in [6.07, 6.45) is 0. The van der Waals surface area contributed by atoms with Crippen molar-refractivity contribution < 1.29 is 43.9 Å². The molecule has 0 spiro atoms. The molecule has 4 aromatic heterocycles. The molecule has 0 aliphatic heterocycles. The molecule has 57 heavy (non-hydrogen) atoms. The predicted molar refractivity (Wildman–Crippen MR) is 234 cm³/mol. The van der Waals surface area contributed by atoms with Crippen molar-refractivity contribution in [2.75, 3.05) is 0 Å². The summed E-state index contributed by atoms with van der Waals surface area (Å²) in [7, 11) is 0. The molecule has 0 N–H and O–H groups in total. The molecule has 6 nitrogen and oxygen atoms in total. The third-order valence-corrected chi connectivity index (χ3v) is 9.15. The van der Waals surface area contributed by atoms with E-state index in [9.17, 15) is 13.7 Å². The number of fused-ring (bicyclic) bond motifs is 9. The average Bonchev–Trinajstić information content (AvgIpc) is 1.58. The first-order valence-electron chi connectivity index (χ1n) is 32.6. The zero-order chi connectivity index (χ0) is 65.3. The third-order valence-electron chi connectivity index (χ3n) is 9.15. The van der Waals surface area contributed by atoms with Gasteiger partial charge < -0.3 is 9.13 Å². The lowest BCUT2D eigenvalue weighted by Crippen LogP contribution is -2.09. The van der Waals surface area contributed by atoms with Gasteiger partial charge in [-0.15, -0.1) is 0 Å². The Kier molecular flexibility index (Phi) is 2.91. The van der Waals surface area contributed by atoms with Gasteiger partial charge in [0, 0.05) is 43.4 Å². The van der Waals surface area contributed by atoms with E-state index in [1.165, 1.54) is 0 Å². The van der Waals surface area contributed by atoms with E-state index in [2.05, 4.69) is 15.0 Å². The molecule has 0 aliphatic rings. The second-order valence-electron chi connectivity index (χ2n) is 12.1. The van der Waals surface area contributed by atoms with Crippen LogP contribution in [0.4, 0.5) is 0 Å². The number of para-hydroxylation sites is 8. The van der Waals surface area contributed by atoms with Crippen LogP contribution in [0.5, 0.6) is 0 Å².